The van der Waals surface area contributed by atoms with Crippen molar-refractivity contribution in [2.24, 2.45) is 5.73 Å². The van der Waals surface area contributed by atoms with E-state index in [9.17, 15) is 0 Å². The molecular formula is C11H19N3O. The molecule has 0 saturated heterocycles. The summed E-state index contributed by atoms with van der Waals surface area (Å²) in [6.07, 6.45) is 5.01. The summed E-state index contributed by atoms with van der Waals surface area (Å²) >= 11 is 0. The van der Waals surface area contributed by atoms with Crippen molar-refractivity contribution in [3.05, 3.63) is 24.3 Å². The van der Waals surface area contributed by atoms with Crippen LogP contribution in [0.25, 0.3) is 0 Å². The molecule has 0 bridgehead atoms. The van der Waals surface area contributed by atoms with Crippen molar-refractivity contribution < 1.29 is 4.74 Å². The predicted molar refractivity (Wildman–Crippen MR) is 59.3 cm³/mol. The lowest BCUT2D eigenvalue weighted by Gasteiger charge is -2.24. The van der Waals surface area contributed by atoms with Gasteiger partial charge in [0.1, 0.15) is 6.33 Å². The lowest BCUT2D eigenvalue weighted by atomic mass is 9.98. The second-order valence-electron chi connectivity index (χ2n) is 4.24. The largest absolute Gasteiger partial charge is 0.379 e. The van der Waals surface area contributed by atoms with Crippen molar-refractivity contribution in [2.45, 2.75) is 38.3 Å². The molecule has 2 N–H and O–H groups in total. The number of nitrogens with two attached hydrogens (primary N) is 1. The van der Waals surface area contributed by atoms with Crippen molar-refractivity contribution in [3.8, 4) is 0 Å². The molecule has 0 fully saturated rings. The Hall–Kier alpha value is -1.00. The maximum Gasteiger partial charge on any atom is 0.115 e. The molecule has 1 heterocycles. The molecule has 1 rings (SSSR count). The van der Waals surface area contributed by atoms with Gasteiger partial charge < -0.3 is 10.5 Å². The van der Waals surface area contributed by atoms with Gasteiger partial charge in [0.15, 0.2) is 0 Å². The molecule has 84 valence electrons. The number of hydrogen-bond donors (Lipinski definition) is 1. The van der Waals surface area contributed by atoms with Crippen LogP contribution in [0.5, 0.6) is 0 Å². The average Bonchev–Trinajstić information content (AvgIpc) is 2.27. The van der Waals surface area contributed by atoms with Crippen LogP contribution in [0.4, 0.5) is 0 Å². The zero-order valence-electron chi connectivity index (χ0n) is 9.60. The average molecular weight is 209 g/mol. The summed E-state index contributed by atoms with van der Waals surface area (Å²) in [5.74, 6) is 0. The van der Waals surface area contributed by atoms with Crippen LogP contribution < -0.4 is 5.73 Å². The van der Waals surface area contributed by atoms with E-state index < -0.39 is 0 Å². The monoisotopic (exact) mass is 209 g/mol. The Morgan fingerprint density at radius 1 is 1.53 bits per heavy atom. The summed E-state index contributed by atoms with van der Waals surface area (Å²) in [6.45, 7) is 4.11. The molecular weight excluding hydrogens is 190 g/mol. The lowest BCUT2D eigenvalue weighted by Crippen LogP contribution is -2.25. The van der Waals surface area contributed by atoms with Crippen LogP contribution in [0.15, 0.2) is 18.6 Å². The van der Waals surface area contributed by atoms with E-state index in [0.717, 1.165) is 18.5 Å². The molecule has 1 aromatic heterocycles. The van der Waals surface area contributed by atoms with Crippen LogP contribution in [0.2, 0.25) is 0 Å². The van der Waals surface area contributed by atoms with Crippen molar-refractivity contribution in [2.75, 3.05) is 7.11 Å². The molecule has 4 nitrogen and oxygen atoms in total. The zero-order chi connectivity index (χ0) is 11.3. The van der Waals surface area contributed by atoms with Crippen LogP contribution in [0, 0.1) is 0 Å². The van der Waals surface area contributed by atoms with Gasteiger partial charge in [0.2, 0.25) is 0 Å². The summed E-state index contributed by atoms with van der Waals surface area (Å²) in [6, 6.07) is 1.81. The quantitative estimate of drug-likeness (QED) is 0.801. The Morgan fingerprint density at radius 3 is 2.80 bits per heavy atom. The number of ether oxygens (including phenoxy) is 1. The molecule has 0 aliphatic carbocycles. The molecule has 0 aliphatic rings. The van der Waals surface area contributed by atoms with Gasteiger partial charge >= 0.3 is 0 Å². The third-order valence-electron chi connectivity index (χ3n) is 2.59. The minimum Gasteiger partial charge on any atom is -0.379 e. The van der Waals surface area contributed by atoms with Gasteiger partial charge in [0, 0.05) is 19.3 Å². The standard InChI is InChI=1S/C11H19N3O/c1-11(2,15-3)6-4-9(12)10-5-7-13-8-14-10/h5,7-9H,4,6,12H2,1-3H3. The molecule has 1 atom stereocenters. The molecule has 0 amide bonds. The van der Waals surface area contributed by atoms with Crippen molar-refractivity contribution in [3.63, 3.8) is 0 Å². The van der Waals surface area contributed by atoms with E-state index in [1.807, 2.05) is 6.07 Å². The fourth-order valence-corrected chi connectivity index (χ4v) is 1.27. The molecule has 0 spiro atoms. The summed E-state index contributed by atoms with van der Waals surface area (Å²) < 4.78 is 5.34. The van der Waals surface area contributed by atoms with Crippen LogP contribution in [0.3, 0.4) is 0 Å². The fraction of sp³-hybridized carbons (Fsp3) is 0.636. The minimum absolute atomic E-state index is 0.0394. The van der Waals surface area contributed by atoms with E-state index in [1.165, 1.54) is 6.33 Å². The van der Waals surface area contributed by atoms with E-state index >= 15 is 0 Å². The molecule has 15 heavy (non-hydrogen) atoms. The molecule has 1 aromatic rings. The zero-order valence-corrected chi connectivity index (χ0v) is 9.60. The SMILES string of the molecule is COC(C)(C)CCC(N)c1ccncn1. The van der Waals surface area contributed by atoms with Gasteiger partial charge in [-0.25, -0.2) is 9.97 Å². The third kappa shape index (κ3) is 3.93. The van der Waals surface area contributed by atoms with E-state index in [-0.39, 0.29) is 11.6 Å². The maximum absolute atomic E-state index is 6.01. The lowest BCUT2D eigenvalue weighted by molar-refractivity contribution is 0.0124. The molecule has 0 aliphatic heterocycles. The number of nitrogens with zero attached hydrogens (tertiary/aromatic N) is 2. The number of aromatic nitrogens is 2. The summed E-state index contributed by atoms with van der Waals surface area (Å²) in [5, 5.41) is 0. The highest BCUT2D eigenvalue weighted by Gasteiger charge is 2.18. The minimum atomic E-state index is -0.120. The van der Waals surface area contributed by atoms with Crippen LogP contribution >= 0.6 is 0 Å². The van der Waals surface area contributed by atoms with Gasteiger partial charge in [-0.15, -0.1) is 0 Å². The van der Waals surface area contributed by atoms with Gasteiger partial charge in [0.05, 0.1) is 11.3 Å². The molecule has 4 heteroatoms. The smallest absolute Gasteiger partial charge is 0.115 e. The maximum atomic E-state index is 6.01. The Morgan fingerprint density at radius 2 is 2.27 bits per heavy atom. The highest BCUT2D eigenvalue weighted by Crippen LogP contribution is 2.21. The number of methoxy groups -OCH3 is 1. The first-order chi connectivity index (χ1) is 7.05. The van der Waals surface area contributed by atoms with E-state index in [4.69, 9.17) is 10.5 Å². The molecule has 0 saturated carbocycles. The second-order valence-corrected chi connectivity index (χ2v) is 4.24. The van der Waals surface area contributed by atoms with Crippen molar-refractivity contribution in [1.82, 2.24) is 9.97 Å². The number of hydrogen-bond acceptors (Lipinski definition) is 4. The van der Waals surface area contributed by atoms with Gasteiger partial charge in [0.25, 0.3) is 0 Å². The Kier molecular flexibility index (Phi) is 4.17. The second kappa shape index (κ2) is 5.19. The molecule has 1 unspecified atom stereocenters. The Labute approximate surface area is 90.9 Å². The van der Waals surface area contributed by atoms with Crippen molar-refractivity contribution >= 4 is 0 Å². The van der Waals surface area contributed by atoms with Gasteiger partial charge in [-0.3, -0.25) is 0 Å². The third-order valence-corrected chi connectivity index (χ3v) is 2.59. The first kappa shape index (κ1) is 12.1. The number of rotatable bonds is 5. The first-order valence-corrected chi connectivity index (χ1v) is 5.12. The molecule has 0 aromatic carbocycles. The van der Waals surface area contributed by atoms with Gasteiger partial charge in [-0.1, -0.05) is 0 Å². The highest BCUT2D eigenvalue weighted by atomic mass is 16.5. The van der Waals surface area contributed by atoms with Crippen LogP contribution in [-0.2, 0) is 4.74 Å². The van der Waals surface area contributed by atoms with E-state index in [1.54, 1.807) is 13.3 Å². The van der Waals surface area contributed by atoms with E-state index in [0.29, 0.717) is 0 Å². The molecule has 0 radical (unpaired) electrons. The topological polar surface area (TPSA) is 61.0 Å². The highest BCUT2D eigenvalue weighted by molar-refractivity contribution is 5.03. The fourth-order valence-electron chi connectivity index (χ4n) is 1.27. The summed E-state index contributed by atoms with van der Waals surface area (Å²) in [4.78, 5) is 7.99. The van der Waals surface area contributed by atoms with E-state index in [2.05, 4.69) is 23.8 Å². The Balaban J connectivity index is 2.47. The summed E-state index contributed by atoms with van der Waals surface area (Å²) in [5.41, 5.74) is 6.78. The first-order valence-electron chi connectivity index (χ1n) is 5.12. The summed E-state index contributed by atoms with van der Waals surface area (Å²) in [7, 11) is 1.72. The van der Waals surface area contributed by atoms with Crippen LogP contribution in [-0.4, -0.2) is 22.7 Å². The van der Waals surface area contributed by atoms with Gasteiger partial charge in [-0.2, -0.15) is 0 Å². The van der Waals surface area contributed by atoms with Crippen LogP contribution in [0.1, 0.15) is 38.4 Å². The Bertz CT molecular complexity index is 287. The van der Waals surface area contributed by atoms with Gasteiger partial charge in [-0.05, 0) is 32.8 Å². The normalized spacial score (nSPS) is 13.9. The van der Waals surface area contributed by atoms with Crippen molar-refractivity contribution in [1.29, 1.82) is 0 Å². The predicted octanol–water partition coefficient (Wildman–Crippen LogP) is 1.68.